The predicted molar refractivity (Wildman–Crippen MR) is 123 cm³/mol. The normalized spacial score (nSPS) is 12.2. The van der Waals surface area contributed by atoms with Crippen molar-refractivity contribution < 1.29 is 9.84 Å². The number of aryl methyl sites for hydroxylation is 1. The second-order valence-electron chi connectivity index (χ2n) is 6.84. The SMILES string of the molecule is COc1ccc(-c2ccc3c(N)c(C(O)CCc4ccc(Br)cc4)sc3n2)cc1. The van der Waals surface area contributed by atoms with Crippen molar-refractivity contribution in [3.63, 3.8) is 0 Å². The lowest BCUT2D eigenvalue weighted by Crippen LogP contribution is -2.00. The maximum atomic E-state index is 10.7. The highest BCUT2D eigenvalue weighted by atomic mass is 79.9. The molecular weight excluding hydrogens is 448 g/mol. The van der Waals surface area contributed by atoms with Crippen LogP contribution in [0.15, 0.2) is 65.1 Å². The van der Waals surface area contributed by atoms with E-state index in [1.807, 2.05) is 48.5 Å². The monoisotopic (exact) mass is 468 g/mol. The van der Waals surface area contributed by atoms with Crippen molar-refractivity contribution in [3.05, 3.63) is 75.6 Å². The van der Waals surface area contributed by atoms with Crippen LogP contribution in [0.4, 0.5) is 5.69 Å². The third-order valence-corrected chi connectivity index (χ3v) is 6.68. The predicted octanol–water partition coefficient (Wildman–Crippen LogP) is 5.98. The minimum Gasteiger partial charge on any atom is -0.497 e. The standard InChI is InChI=1S/C23H21BrN2O2S/c1-28-17-9-5-15(6-10-17)19-12-11-18-21(25)22(29-23(18)26-19)20(27)13-4-14-2-7-16(24)8-3-14/h2-3,5-12,20,27H,4,13,25H2,1H3. The molecule has 0 amide bonds. The van der Waals surface area contributed by atoms with E-state index in [1.54, 1.807) is 7.11 Å². The summed E-state index contributed by atoms with van der Waals surface area (Å²) in [7, 11) is 1.65. The summed E-state index contributed by atoms with van der Waals surface area (Å²) in [6.07, 6.45) is 0.790. The number of rotatable bonds is 6. The molecule has 3 N–H and O–H groups in total. The Morgan fingerprint density at radius 2 is 1.79 bits per heavy atom. The van der Waals surface area contributed by atoms with E-state index in [1.165, 1.54) is 16.9 Å². The first-order chi connectivity index (χ1) is 14.0. The second-order valence-corrected chi connectivity index (χ2v) is 8.78. The first kappa shape index (κ1) is 19.9. The number of aromatic nitrogens is 1. The van der Waals surface area contributed by atoms with Gasteiger partial charge in [0, 0.05) is 15.4 Å². The molecule has 4 rings (SSSR count). The zero-order valence-electron chi connectivity index (χ0n) is 15.9. The van der Waals surface area contributed by atoms with Crippen molar-refractivity contribution in [2.75, 3.05) is 12.8 Å². The minimum atomic E-state index is -0.609. The lowest BCUT2D eigenvalue weighted by molar-refractivity contribution is 0.172. The number of thiophene rings is 1. The molecule has 0 spiro atoms. The molecule has 0 radical (unpaired) electrons. The zero-order chi connectivity index (χ0) is 20.4. The van der Waals surface area contributed by atoms with Crippen molar-refractivity contribution in [2.45, 2.75) is 18.9 Å². The van der Waals surface area contributed by atoms with Crippen LogP contribution in [0.25, 0.3) is 21.5 Å². The van der Waals surface area contributed by atoms with Gasteiger partial charge in [0.05, 0.1) is 29.5 Å². The number of aliphatic hydroxyl groups is 1. The average molecular weight is 469 g/mol. The summed E-state index contributed by atoms with van der Waals surface area (Å²) in [6.45, 7) is 0. The van der Waals surface area contributed by atoms with E-state index >= 15 is 0 Å². The Bertz CT molecular complexity index is 1120. The molecule has 2 aromatic carbocycles. The highest BCUT2D eigenvalue weighted by Crippen LogP contribution is 2.39. The Kier molecular flexibility index (Phi) is 5.85. The summed E-state index contributed by atoms with van der Waals surface area (Å²) in [5.41, 5.74) is 10.0. The second kappa shape index (κ2) is 8.53. The van der Waals surface area contributed by atoms with Gasteiger partial charge in [-0.1, -0.05) is 28.1 Å². The number of nitrogen functional groups attached to an aromatic ring is 1. The van der Waals surface area contributed by atoms with Gasteiger partial charge in [-0.15, -0.1) is 11.3 Å². The van der Waals surface area contributed by atoms with E-state index in [0.717, 1.165) is 43.0 Å². The molecule has 0 bridgehead atoms. The molecule has 0 saturated heterocycles. The molecule has 6 heteroatoms. The van der Waals surface area contributed by atoms with Crippen LogP contribution >= 0.6 is 27.3 Å². The number of benzene rings is 2. The van der Waals surface area contributed by atoms with Crippen molar-refractivity contribution in [2.24, 2.45) is 0 Å². The molecule has 148 valence electrons. The maximum Gasteiger partial charge on any atom is 0.126 e. The quantitative estimate of drug-likeness (QED) is 0.364. The summed E-state index contributed by atoms with van der Waals surface area (Å²) in [5.74, 6) is 0.811. The fourth-order valence-corrected chi connectivity index (χ4v) is 4.65. The molecule has 0 aliphatic rings. The number of aliphatic hydroxyl groups excluding tert-OH is 1. The number of pyridine rings is 1. The number of nitrogens with zero attached hydrogens (tertiary/aromatic N) is 1. The molecule has 4 nitrogen and oxygen atoms in total. The van der Waals surface area contributed by atoms with E-state index in [0.29, 0.717) is 12.1 Å². The van der Waals surface area contributed by atoms with E-state index in [9.17, 15) is 5.11 Å². The zero-order valence-corrected chi connectivity index (χ0v) is 18.3. The summed E-state index contributed by atoms with van der Waals surface area (Å²) in [4.78, 5) is 6.40. The topological polar surface area (TPSA) is 68.4 Å². The lowest BCUT2D eigenvalue weighted by Gasteiger charge is -2.09. The van der Waals surface area contributed by atoms with Crippen molar-refractivity contribution >= 4 is 43.2 Å². The van der Waals surface area contributed by atoms with Gasteiger partial charge in [-0.25, -0.2) is 4.98 Å². The van der Waals surface area contributed by atoms with Gasteiger partial charge in [0.25, 0.3) is 0 Å². The summed E-state index contributed by atoms with van der Waals surface area (Å²) >= 11 is 4.91. The number of halogens is 1. The van der Waals surface area contributed by atoms with Gasteiger partial charge >= 0.3 is 0 Å². The smallest absolute Gasteiger partial charge is 0.126 e. The molecule has 0 saturated carbocycles. The van der Waals surface area contributed by atoms with Gasteiger partial charge in [-0.3, -0.25) is 0 Å². The number of ether oxygens (including phenoxy) is 1. The Morgan fingerprint density at radius 1 is 1.07 bits per heavy atom. The Hall–Kier alpha value is -2.41. The van der Waals surface area contributed by atoms with Crippen molar-refractivity contribution in [3.8, 4) is 17.0 Å². The molecule has 1 unspecified atom stereocenters. The number of fused-ring (bicyclic) bond motifs is 1. The summed E-state index contributed by atoms with van der Waals surface area (Å²) in [6, 6.07) is 19.9. The van der Waals surface area contributed by atoms with Gasteiger partial charge < -0.3 is 15.6 Å². The first-order valence-corrected chi connectivity index (χ1v) is 10.9. The van der Waals surface area contributed by atoms with Crippen LogP contribution in [0.1, 0.15) is 23.0 Å². The average Bonchev–Trinajstić information content (AvgIpc) is 3.09. The van der Waals surface area contributed by atoms with Crippen LogP contribution in [0.5, 0.6) is 5.75 Å². The van der Waals surface area contributed by atoms with Gasteiger partial charge in [0.1, 0.15) is 10.6 Å². The molecule has 2 aromatic heterocycles. The van der Waals surface area contributed by atoms with E-state index in [2.05, 4.69) is 28.1 Å². The maximum absolute atomic E-state index is 10.7. The van der Waals surface area contributed by atoms with Crippen molar-refractivity contribution in [1.29, 1.82) is 0 Å². The molecule has 0 aliphatic heterocycles. The summed E-state index contributed by atoms with van der Waals surface area (Å²) in [5, 5.41) is 11.6. The Labute approximate surface area is 182 Å². The van der Waals surface area contributed by atoms with Gasteiger partial charge in [-0.05, 0) is 66.9 Å². The lowest BCUT2D eigenvalue weighted by atomic mass is 10.0. The van der Waals surface area contributed by atoms with Crippen LogP contribution in [0, 0.1) is 0 Å². The molecular formula is C23H21BrN2O2S. The number of methoxy groups -OCH3 is 1. The van der Waals surface area contributed by atoms with Gasteiger partial charge in [0.15, 0.2) is 0 Å². The molecule has 0 aliphatic carbocycles. The van der Waals surface area contributed by atoms with Crippen LogP contribution in [0.2, 0.25) is 0 Å². The van der Waals surface area contributed by atoms with E-state index in [4.69, 9.17) is 15.5 Å². The number of anilines is 1. The largest absolute Gasteiger partial charge is 0.497 e. The van der Waals surface area contributed by atoms with E-state index in [-0.39, 0.29) is 0 Å². The molecule has 4 aromatic rings. The molecule has 1 atom stereocenters. The first-order valence-electron chi connectivity index (χ1n) is 9.31. The molecule has 0 fully saturated rings. The molecule has 29 heavy (non-hydrogen) atoms. The summed E-state index contributed by atoms with van der Waals surface area (Å²) < 4.78 is 6.27. The van der Waals surface area contributed by atoms with Gasteiger partial charge in [-0.2, -0.15) is 0 Å². The highest BCUT2D eigenvalue weighted by molar-refractivity contribution is 9.10. The number of nitrogens with two attached hydrogens (primary N) is 1. The Balaban J connectivity index is 1.56. The van der Waals surface area contributed by atoms with Crippen LogP contribution in [-0.2, 0) is 6.42 Å². The number of hydrogen-bond donors (Lipinski definition) is 2. The van der Waals surface area contributed by atoms with E-state index < -0.39 is 6.10 Å². The highest BCUT2D eigenvalue weighted by Gasteiger charge is 2.18. The van der Waals surface area contributed by atoms with Crippen LogP contribution in [0.3, 0.4) is 0 Å². The van der Waals surface area contributed by atoms with Crippen LogP contribution in [-0.4, -0.2) is 17.2 Å². The van der Waals surface area contributed by atoms with Crippen molar-refractivity contribution in [1.82, 2.24) is 4.98 Å². The fourth-order valence-electron chi connectivity index (χ4n) is 3.27. The number of hydrogen-bond acceptors (Lipinski definition) is 5. The fraction of sp³-hybridized carbons (Fsp3) is 0.174. The molecule has 2 heterocycles. The minimum absolute atomic E-state index is 0.609. The van der Waals surface area contributed by atoms with Gasteiger partial charge in [0.2, 0.25) is 0 Å². The third-order valence-electron chi connectivity index (χ3n) is 4.93. The van der Waals surface area contributed by atoms with Crippen LogP contribution < -0.4 is 10.5 Å². The Morgan fingerprint density at radius 3 is 2.48 bits per heavy atom. The third kappa shape index (κ3) is 4.29.